The topological polar surface area (TPSA) is 77.7 Å². The molecule has 1 amide bonds. The Morgan fingerprint density at radius 2 is 1.94 bits per heavy atom. The van der Waals surface area contributed by atoms with E-state index in [1.165, 1.54) is 0 Å². The number of ether oxygens (including phenoxy) is 2. The molecular weight excluding hydrogens is 418 g/mol. The van der Waals surface area contributed by atoms with Gasteiger partial charge < -0.3 is 18.9 Å². The molecule has 0 saturated carbocycles. The van der Waals surface area contributed by atoms with Crippen LogP contribution in [0.4, 0.5) is 0 Å². The highest BCUT2D eigenvalue weighted by atomic mass is 35.5. The molecule has 7 nitrogen and oxygen atoms in total. The second-order valence-electron chi connectivity index (χ2n) is 7.29. The second kappa shape index (κ2) is 9.39. The van der Waals surface area contributed by atoms with E-state index < -0.39 is 0 Å². The summed E-state index contributed by atoms with van der Waals surface area (Å²) in [5.41, 5.74) is 1.74. The lowest BCUT2D eigenvalue weighted by Crippen LogP contribution is -2.24. The van der Waals surface area contributed by atoms with Crippen LogP contribution in [0, 0.1) is 0 Å². The third-order valence-electron chi connectivity index (χ3n) is 5.07. The van der Waals surface area contributed by atoms with E-state index in [-0.39, 0.29) is 11.8 Å². The summed E-state index contributed by atoms with van der Waals surface area (Å²) in [4.78, 5) is 18.9. The van der Waals surface area contributed by atoms with Gasteiger partial charge in [0.2, 0.25) is 5.91 Å². The number of carbonyl (C=O) groups is 1. The van der Waals surface area contributed by atoms with E-state index in [0.29, 0.717) is 61.0 Å². The Bertz CT molecular complexity index is 1070. The molecule has 0 bridgehead atoms. The molecule has 2 aromatic carbocycles. The first-order valence-electron chi connectivity index (χ1n) is 10.3. The summed E-state index contributed by atoms with van der Waals surface area (Å²) in [6.45, 7) is 5.99. The molecule has 162 valence electrons. The third kappa shape index (κ3) is 4.82. The van der Waals surface area contributed by atoms with Gasteiger partial charge in [0, 0.05) is 36.0 Å². The maximum atomic E-state index is 12.6. The summed E-state index contributed by atoms with van der Waals surface area (Å²) in [6.07, 6.45) is 0.351. The van der Waals surface area contributed by atoms with Crippen molar-refractivity contribution in [3.63, 3.8) is 0 Å². The summed E-state index contributed by atoms with van der Waals surface area (Å²) in [5, 5.41) is 4.70. The van der Waals surface area contributed by atoms with Gasteiger partial charge in [0.25, 0.3) is 5.89 Å². The van der Waals surface area contributed by atoms with Crippen LogP contribution in [0.5, 0.6) is 11.5 Å². The van der Waals surface area contributed by atoms with Crippen LogP contribution in [0.3, 0.4) is 0 Å². The van der Waals surface area contributed by atoms with Gasteiger partial charge in [-0.2, -0.15) is 4.98 Å². The average molecular weight is 442 g/mol. The SMILES string of the molecule is CCOc1ccc(CN2CC(c3noc(-c4cccc(Cl)c4)n3)CC2=O)cc1OCC. The number of halogens is 1. The summed E-state index contributed by atoms with van der Waals surface area (Å²) >= 11 is 6.04. The Kier molecular flexibility index (Phi) is 6.42. The van der Waals surface area contributed by atoms with E-state index in [0.717, 1.165) is 11.1 Å². The Morgan fingerprint density at radius 3 is 2.71 bits per heavy atom. The van der Waals surface area contributed by atoms with Gasteiger partial charge in [0.15, 0.2) is 17.3 Å². The number of aromatic nitrogens is 2. The van der Waals surface area contributed by atoms with Crippen LogP contribution < -0.4 is 9.47 Å². The molecule has 0 aliphatic carbocycles. The second-order valence-corrected chi connectivity index (χ2v) is 7.73. The van der Waals surface area contributed by atoms with Gasteiger partial charge in [-0.05, 0) is 49.7 Å². The number of rotatable bonds is 8. The maximum Gasteiger partial charge on any atom is 0.257 e. The van der Waals surface area contributed by atoms with Gasteiger partial charge in [-0.15, -0.1) is 0 Å². The molecule has 1 aliphatic heterocycles. The van der Waals surface area contributed by atoms with E-state index in [4.69, 9.17) is 25.6 Å². The van der Waals surface area contributed by atoms with Gasteiger partial charge in [0.05, 0.1) is 13.2 Å². The molecule has 1 atom stereocenters. The quantitative estimate of drug-likeness (QED) is 0.504. The molecule has 2 heterocycles. The zero-order valence-corrected chi connectivity index (χ0v) is 18.3. The predicted molar refractivity (Wildman–Crippen MR) is 116 cm³/mol. The van der Waals surface area contributed by atoms with Gasteiger partial charge in [-0.1, -0.05) is 28.9 Å². The summed E-state index contributed by atoms with van der Waals surface area (Å²) < 4.78 is 16.7. The van der Waals surface area contributed by atoms with E-state index in [1.807, 2.05) is 49.1 Å². The first kappa shape index (κ1) is 21.2. The molecule has 0 radical (unpaired) electrons. The van der Waals surface area contributed by atoms with Crippen molar-refractivity contribution >= 4 is 17.5 Å². The Labute approximate surface area is 185 Å². The lowest BCUT2D eigenvalue weighted by molar-refractivity contribution is -0.128. The van der Waals surface area contributed by atoms with Crippen LogP contribution in [-0.4, -0.2) is 40.7 Å². The molecular formula is C23H24ClN3O4. The van der Waals surface area contributed by atoms with E-state index in [2.05, 4.69) is 10.1 Å². The number of hydrogen-bond acceptors (Lipinski definition) is 6. The minimum atomic E-state index is -0.113. The lowest BCUT2D eigenvalue weighted by atomic mass is 10.1. The van der Waals surface area contributed by atoms with Crippen molar-refractivity contribution < 1.29 is 18.8 Å². The van der Waals surface area contributed by atoms with Crippen molar-refractivity contribution in [3.05, 3.63) is 58.9 Å². The van der Waals surface area contributed by atoms with Gasteiger partial charge in [-0.3, -0.25) is 4.79 Å². The number of hydrogen-bond donors (Lipinski definition) is 0. The standard InChI is InChI=1S/C23H24ClN3O4/c1-3-29-19-9-8-15(10-20(19)30-4-2)13-27-14-17(12-21(27)28)22-25-23(31-26-22)16-6-5-7-18(24)11-16/h5-11,17H,3-4,12-14H2,1-2H3. The van der Waals surface area contributed by atoms with Crippen molar-refractivity contribution in [2.75, 3.05) is 19.8 Å². The zero-order valence-electron chi connectivity index (χ0n) is 17.5. The molecule has 0 spiro atoms. The third-order valence-corrected chi connectivity index (χ3v) is 5.31. The Hall–Kier alpha value is -3.06. The minimum Gasteiger partial charge on any atom is -0.490 e. The fraction of sp³-hybridized carbons (Fsp3) is 0.348. The molecule has 31 heavy (non-hydrogen) atoms. The van der Waals surface area contributed by atoms with Crippen LogP contribution in [0.25, 0.3) is 11.5 Å². The molecule has 4 rings (SSSR count). The largest absolute Gasteiger partial charge is 0.490 e. The van der Waals surface area contributed by atoms with Crippen LogP contribution in [0.2, 0.25) is 5.02 Å². The fourth-order valence-electron chi connectivity index (χ4n) is 3.65. The van der Waals surface area contributed by atoms with E-state index in [9.17, 15) is 4.79 Å². The minimum absolute atomic E-state index is 0.0611. The lowest BCUT2D eigenvalue weighted by Gasteiger charge is -2.18. The highest BCUT2D eigenvalue weighted by Gasteiger charge is 2.34. The van der Waals surface area contributed by atoms with Crippen LogP contribution in [0.15, 0.2) is 47.0 Å². The molecule has 8 heteroatoms. The van der Waals surface area contributed by atoms with Gasteiger partial charge in [-0.25, -0.2) is 0 Å². The molecule has 1 saturated heterocycles. The smallest absolute Gasteiger partial charge is 0.257 e. The van der Waals surface area contributed by atoms with Crippen molar-refractivity contribution in [1.29, 1.82) is 0 Å². The Balaban J connectivity index is 1.46. The summed E-state index contributed by atoms with van der Waals surface area (Å²) in [7, 11) is 0. The highest BCUT2D eigenvalue weighted by Crippen LogP contribution is 2.32. The maximum absolute atomic E-state index is 12.6. The zero-order chi connectivity index (χ0) is 21.8. The number of likely N-dealkylation sites (tertiary alicyclic amines) is 1. The molecule has 3 aromatic rings. The van der Waals surface area contributed by atoms with Crippen molar-refractivity contribution in [2.45, 2.75) is 32.7 Å². The average Bonchev–Trinajstić information content (AvgIpc) is 3.38. The number of carbonyl (C=O) groups excluding carboxylic acids is 1. The van der Waals surface area contributed by atoms with Crippen molar-refractivity contribution in [3.8, 4) is 23.0 Å². The molecule has 1 aromatic heterocycles. The van der Waals surface area contributed by atoms with E-state index >= 15 is 0 Å². The fourth-order valence-corrected chi connectivity index (χ4v) is 3.84. The van der Waals surface area contributed by atoms with Gasteiger partial charge in [0.1, 0.15) is 0 Å². The predicted octanol–water partition coefficient (Wildman–Crippen LogP) is 4.70. The van der Waals surface area contributed by atoms with Crippen LogP contribution >= 0.6 is 11.6 Å². The van der Waals surface area contributed by atoms with Crippen molar-refractivity contribution in [2.24, 2.45) is 0 Å². The Morgan fingerprint density at radius 1 is 1.13 bits per heavy atom. The highest BCUT2D eigenvalue weighted by molar-refractivity contribution is 6.30. The first-order chi connectivity index (χ1) is 15.1. The normalized spacial score (nSPS) is 16.0. The molecule has 1 unspecified atom stereocenters. The summed E-state index contributed by atoms with van der Waals surface area (Å²) in [6, 6.07) is 13.0. The monoisotopic (exact) mass is 441 g/mol. The molecule has 1 fully saturated rings. The number of benzene rings is 2. The summed E-state index contributed by atoms with van der Waals surface area (Å²) in [5.74, 6) is 2.28. The van der Waals surface area contributed by atoms with Crippen molar-refractivity contribution in [1.82, 2.24) is 15.0 Å². The van der Waals surface area contributed by atoms with Gasteiger partial charge >= 0.3 is 0 Å². The number of amides is 1. The number of nitrogens with zero attached hydrogens (tertiary/aromatic N) is 3. The van der Waals surface area contributed by atoms with E-state index in [1.54, 1.807) is 12.1 Å². The van der Waals surface area contributed by atoms with Crippen LogP contribution in [-0.2, 0) is 11.3 Å². The molecule has 0 N–H and O–H groups in total. The van der Waals surface area contributed by atoms with Crippen LogP contribution in [0.1, 0.15) is 37.6 Å². The first-order valence-corrected chi connectivity index (χ1v) is 10.7. The molecule has 1 aliphatic rings.